The molecule has 21 heavy (non-hydrogen) atoms. The van der Waals surface area contributed by atoms with Crippen molar-refractivity contribution < 1.29 is 4.79 Å². The number of aromatic nitrogens is 1. The van der Waals surface area contributed by atoms with E-state index in [1.54, 1.807) is 13.0 Å². The van der Waals surface area contributed by atoms with E-state index in [9.17, 15) is 4.79 Å². The van der Waals surface area contributed by atoms with Gasteiger partial charge < -0.3 is 5.32 Å². The minimum atomic E-state index is -0.400. The van der Waals surface area contributed by atoms with E-state index < -0.39 is 6.03 Å². The first kappa shape index (κ1) is 15.3. The minimum absolute atomic E-state index is 0.252. The molecule has 1 aromatic heterocycles. The largest absolute Gasteiger partial charge is 0.331 e. The average molecular weight is 321 g/mol. The van der Waals surface area contributed by atoms with E-state index in [1.807, 2.05) is 31.2 Å². The van der Waals surface area contributed by atoms with E-state index in [0.29, 0.717) is 21.3 Å². The Balaban J connectivity index is 2.05. The molecule has 2 rings (SSSR count). The molecule has 108 valence electrons. The van der Waals surface area contributed by atoms with Gasteiger partial charge in [-0.15, -0.1) is 0 Å². The van der Waals surface area contributed by atoms with E-state index in [1.165, 1.54) is 0 Å². The van der Waals surface area contributed by atoms with Crippen LogP contribution in [0.1, 0.15) is 29.8 Å². The maximum atomic E-state index is 12.0. The van der Waals surface area contributed by atoms with Crippen LogP contribution in [0.5, 0.6) is 0 Å². The molecule has 2 aromatic rings. The van der Waals surface area contributed by atoms with E-state index in [-0.39, 0.29) is 6.04 Å². The Morgan fingerprint density at radius 2 is 2.19 bits per heavy atom. The van der Waals surface area contributed by atoms with Crippen molar-refractivity contribution in [2.45, 2.75) is 19.9 Å². The van der Waals surface area contributed by atoms with Gasteiger partial charge in [-0.1, -0.05) is 29.8 Å². The molecule has 5 nitrogen and oxygen atoms in total. The van der Waals surface area contributed by atoms with Crippen LogP contribution in [-0.4, -0.2) is 10.4 Å². The van der Waals surface area contributed by atoms with Gasteiger partial charge in [-0.25, -0.2) is 4.79 Å². The fourth-order valence-electron chi connectivity index (χ4n) is 1.83. The third kappa shape index (κ3) is 3.51. The Morgan fingerprint density at radius 3 is 2.86 bits per heavy atom. The van der Waals surface area contributed by atoms with Crippen LogP contribution < -0.4 is 10.6 Å². The number of anilines is 1. The molecule has 7 heteroatoms. The first-order valence-electron chi connectivity index (χ1n) is 6.21. The van der Waals surface area contributed by atoms with Crippen LogP contribution in [0.15, 0.2) is 24.3 Å². The molecule has 0 fully saturated rings. The number of carbonyl (C=O) groups is 1. The summed E-state index contributed by atoms with van der Waals surface area (Å²) in [5.41, 5.74) is 1.83. The van der Waals surface area contributed by atoms with Crippen LogP contribution in [-0.2, 0) is 0 Å². The predicted molar refractivity (Wildman–Crippen MR) is 83.6 cm³/mol. The van der Waals surface area contributed by atoms with Crippen LogP contribution in [0.4, 0.5) is 9.80 Å². The van der Waals surface area contributed by atoms with Gasteiger partial charge in [0.05, 0.1) is 11.7 Å². The van der Waals surface area contributed by atoms with Gasteiger partial charge in [0.1, 0.15) is 16.6 Å². The number of urea groups is 1. The summed E-state index contributed by atoms with van der Waals surface area (Å²) >= 11 is 7.18. The van der Waals surface area contributed by atoms with E-state index >= 15 is 0 Å². The minimum Gasteiger partial charge on any atom is -0.331 e. The second kappa shape index (κ2) is 6.57. The Kier molecular flexibility index (Phi) is 4.78. The number of carbonyl (C=O) groups excluding carboxylic acids is 1. The van der Waals surface area contributed by atoms with Gasteiger partial charge in [0.25, 0.3) is 0 Å². The number of amides is 2. The van der Waals surface area contributed by atoms with Crippen LogP contribution >= 0.6 is 23.1 Å². The van der Waals surface area contributed by atoms with Gasteiger partial charge in [0.15, 0.2) is 0 Å². The molecular formula is C14H13ClN4OS. The number of rotatable bonds is 3. The lowest BCUT2D eigenvalue weighted by Gasteiger charge is -2.15. The van der Waals surface area contributed by atoms with Gasteiger partial charge in [0, 0.05) is 5.02 Å². The first-order chi connectivity index (χ1) is 10.0. The zero-order valence-corrected chi connectivity index (χ0v) is 13.0. The van der Waals surface area contributed by atoms with Crippen LogP contribution in [0.25, 0.3) is 0 Å². The Morgan fingerprint density at radius 1 is 1.48 bits per heavy atom. The number of aryl methyl sites for hydroxylation is 1. The zero-order valence-electron chi connectivity index (χ0n) is 11.5. The maximum Gasteiger partial charge on any atom is 0.320 e. The lowest BCUT2D eigenvalue weighted by atomic mass is 10.1. The van der Waals surface area contributed by atoms with E-state index in [2.05, 4.69) is 15.0 Å². The highest BCUT2D eigenvalue weighted by Gasteiger charge is 2.16. The standard InChI is InChI=1S/C14H13ClN4OS/c1-8(10-5-3-4-6-12(10)15)17-14(20)18-13-11(7-16)9(2)19-21-13/h3-6,8H,1-2H3,(H2,17,18,20)/t8-/m0/s1. The first-order valence-corrected chi connectivity index (χ1v) is 7.36. The number of nitriles is 1. The molecular weight excluding hydrogens is 308 g/mol. The van der Waals surface area contributed by atoms with Gasteiger partial charge in [0.2, 0.25) is 0 Å². The fourth-order valence-corrected chi connectivity index (χ4v) is 2.87. The van der Waals surface area contributed by atoms with Crippen molar-refractivity contribution in [3.8, 4) is 6.07 Å². The lowest BCUT2D eigenvalue weighted by Crippen LogP contribution is -2.31. The summed E-state index contributed by atoms with van der Waals surface area (Å²) in [5, 5.41) is 15.5. The predicted octanol–water partition coefficient (Wildman–Crippen LogP) is 3.86. The van der Waals surface area contributed by atoms with Crippen molar-refractivity contribution >= 4 is 34.2 Å². The normalized spacial score (nSPS) is 11.5. The number of nitrogens with one attached hydrogen (secondary N) is 2. The van der Waals surface area contributed by atoms with Gasteiger partial charge in [-0.3, -0.25) is 5.32 Å². The van der Waals surface area contributed by atoms with Crippen molar-refractivity contribution in [3.05, 3.63) is 46.1 Å². The van der Waals surface area contributed by atoms with E-state index in [0.717, 1.165) is 17.1 Å². The highest BCUT2D eigenvalue weighted by molar-refractivity contribution is 7.10. The molecule has 1 atom stereocenters. The Labute approximate surface area is 131 Å². The Bertz CT molecular complexity index is 707. The molecule has 0 saturated carbocycles. The number of hydrogen-bond acceptors (Lipinski definition) is 4. The van der Waals surface area contributed by atoms with Crippen LogP contribution in [0.3, 0.4) is 0 Å². The third-order valence-electron chi connectivity index (χ3n) is 2.92. The zero-order chi connectivity index (χ0) is 15.4. The molecule has 0 unspecified atom stereocenters. The number of benzene rings is 1. The smallest absolute Gasteiger partial charge is 0.320 e. The maximum absolute atomic E-state index is 12.0. The molecule has 0 bridgehead atoms. The third-order valence-corrected chi connectivity index (χ3v) is 4.12. The SMILES string of the molecule is Cc1nsc(NC(=O)N[C@@H](C)c2ccccc2Cl)c1C#N. The van der Waals surface area contributed by atoms with Gasteiger partial charge in [-0.2, -0.15) is 9.64 Å². The molecule has 0 radical (unpaired) electrons. The average Bonchev–Trinajstić information content (AvgIpc) is 2.79. The van der Waals surface area contributed by atoms with Crippen molar-refractivity contribution in [2.75, 3.05) is 5.32 Å². The van der Waals surface area contributed by atoms with Crippen LogP contribution in [0.2, 0.25) is 5.02 Å². The number of nitrogens with zero attached hydrogens (tertiary/aromatic N) is 2. The van der Waals surface area contributed by atoms with Crippen molar-refractivity contribution in [3.63, 3.8) is 0 Å². The van der Waals surface area contributed by atoms with Crippen molar-refractivity contribution in [1.29, 1.82) is 5.26 Å². The van der Waals surface area contributed by atoms with E-state index in [4.69, 9.17) is 16.9 Å². The molecule has 0 aliphatic rings. The second-order valence-corrected chi connectivity index (χ2v) is 5.61. The number of hydrogen-bond donors (Lipinski definition) is 2. The molecule has 0 aliphatic heterocycles. The molecule has 1 heterocycles. The molecule has 0 aliphatic carbocycles. The molecule has 2 amide bonds. The molecule has 1 aromatic carbocycles. The van der Waals surface area contributed by atoms with Crippen molar-refractivity contribution in [2.24, 2.45) is 0 Å². The Hall–Kier alpha value is -2.10. The van der Waals surface area contributed by atoms with Crippen molar-refractivity contribution in [1.82, 2.24) is 9.69 Å². The summed E-state index contributed by atoms with van der Waals surface area (Å²) in [6, 6.07) is 8.69. The topological polar surface area (TPSA) is 77.8 Å². The summed E-state index contributed by atoms with van der Waals surface area (Å²) in [7, 11) is 0. The molecule has 2 N–H and O–H groups in total. The second-order valence-electron chi connectivity index (χ2n) is 4.43. The monoisotopic (exact) mass is 320 g/mol. The summed E-state index contributed by atoms with van der Waals surface area (Å²) in [5.74, 6) is 0. The van der Waals surface area contributed by atoms with Crippen LogP contribution in [0, 0.1) is 18.3 Å². The summed E-state index contributed by atoms with van der Waals surface area (Å²) in [6.45, 7) is 3.56. The lowest BCUT2D eigenvalue weighted by molar-refractivity contribution is 0.249. The van der Waals surface area contributed by atoms with Gasteiger partial charge >= 0.3 is 6.03 Å². The highest BCUT2D eigenvalue weighted by atomic mass is 35.5. The van der Waals surface area contributed by atoms with Gasteiger partial charge in [-0.05, 0) is 37.0 Å². The quantitative estimate of drug-likeness (QED) is 0.901. The fraction of sp³-hybridized carbons (Fsp3) is 0.214. The summed E-state index contributed by atoms with van der Waals surface area (Å²) in [6.07, 6.45) is 0. The summed E-state index contributed by atoms with van der Waals surface area (Å²) < 4.78 is 4.05. The number of halogens is 1. The molecule has 0 spiro atoms. The summed E-state index contributed by atoms with van der Waals surface area (Å²) in [4.78, 5) is 12.0. The molecule has 0 saturated heterocycles. The highest BCUT2D eigenvalue weighted by Crippen LogP contribution is 2.24.